The Balaban J connectivity index is 2.28. The fourth-order valence-corrected chi connectivity index (χ4v) is 1.98. The summed E-state index contributed by atoms with van der Waals surface area (Å²) in [5.74, 6) is 0. The first-order valence-electron chi connectivity index (χ1n) is 5.22. The Morgan fingerprint density at radius 3 is 2.56 bits per heavy atom. The Morgan fingerprint density at radius 1 is 0.938 bits per heavy atom. The molecule has 3 aromatic rings. The molecule has 0 bridgehead atoms. The summed E-state index contributed by atoms with van der Waals surface area (Å²) in [6.07, 6.45) is 0. The Morgan fingerprint density at radius 2 is 1.75 bits per heavy atom. The lowest BCUT2D eigenvalue weighted by atomic mass is 10.00. The average Bonchev–Trinajstić information content (AvgIpc) is 2.80. The van der Waals surface area contributed by atoms with Crippen LogP contribution in [-0.4, -0.2) is 15.4 Å². The normalized spacial score (nSPS) is 10.8. The van der Waals surface area contributed by atoms with E-state index >= 15 is 0 Å². The molecule has 0 aliphatic heterocycles. The predicted octanol–water partition coefficient (Wildman–Crippen LogP) is 2.93. The SMILES string of the molecule is Cc1c(-c2ccccc2)ccc2n[nH]nc12. The third-order valence-electron chi connectivity index (χ3n) is 2.83. The van der Waals surface area contributed by atoms with Crippen LogP contribution in [0, 0.1) is 6.92 Å². The second-order valence-electron chi connectivity index (χ2n) is 3.80. The molecule has 1 N–H and O–H groups in total. The van der Waals surface area contributed by atoms with E-state index in [0.717, 1.165) is 16.6 Å². The van der Waals surface area contributed by atoms with Crippen molar-refractivity contribution in [2.24, 2.45) is 0 Å². The standard InChI is InChI=1S/C13H11N3/c1-9-11(10-5-3-2-4-6-10)7-8-12-13(9)15-16-14-12/h2-8H,1H3,(H,14,15,16). The molecule has 78 valence electrons. The van der Waals surface area contributed by atoms with Crippen molar-refractivity contribution in [1.82, 2.24) is 15.4 Å². The number of hydrogen-bond donors (Lipinski definition) is 1. The zero-order chi connectivity index (χ0) is 11.0. The van der Waals surface area contributed by atoms with Gasteiger partial charge in [-0.15, -0.1) is 0 Å². The number of fused-ring (bicyclic) bond motifs is 1. The van der Waals surface area contributed by atoms with Crippen LogP contribution in [0.15, 0.2) is 42.5 Å². The summed E-state index contributed by atoms with van der Waals surface area (Å²) in [6, 6.07) is 14.4. The van der Waals surface area contributed by atoms with Crippen molar-refractivity contribution >= 4 is 11.0 Å². The van der Waals surface area contributed by atoms with Crippen molar-refractivity contribution in [3.63, 3.8) is 0 Å². The molecule has 3 nitrogen and oxygen atoms in total. The molecular formula is C13H11N3. The quantitative estimate of drug-likeness (QED) is 0.669. The van der Waals surface area contributed by atoms with Crippen molar-refractivity contribution in [3.8, 4) is 11.1 Å². The number of aromatic amines is 1. The number of H-pyrrole nitrogens is 1. The molecule has 0 spiro atoms. The average molecular weight is 209 g/mol. The van der Waals surface area contributed by atoms with Crippen LogP contribution >= 0.6 is 0 Å². The molecular weight excluding hydrogens is 198 g/mol. The summed E-state index contributed by atoms with van der Waals surface area (Å²) >= 11 is 0. The van der Waals surface area contributed by atoms with Gasteiger partial charge in [-0.25, -0.2) is 0 Å². The number of hydrogen-bond acceptors (Lipinski definition) is 2. The second-order valence-corrected chi connectivity index (χ2v) is 3.80. The lowest BCUT2D eigenvalue weighted by Crippen LogP contribution is -1.84. The molecule has 1 aromatic heterocycles. The van der Waals surface area contributed by atoms with Gasteiger partial charge in [-0.3, -0.25) is 0 Å². The molecule has 0 amide bonds. The first-order valence-corrected chi connectivity index (χ1v) is 5.22. The van der Waals surface area contributed by atoms with Crippen LogP contribution in [0.25, 0.3) is 22.2 Å². The summed E-state index contributed by atoms with van der Waals surface area (Å²) in [4.78, 5) is 0. The monoisotopic (exact) mass is 209 g/mol. The summed E-state index contributed by atoms with van der Waals surface area (Å²) < 4.78 is 0. The first-order chi connectivity index (χ1) is 7.86. The van der Waals surface area contributed by atoms with E-state index < -0.39 is 0 Å². The van der Waals surface area contributed by atoms with Gasteiger partial charge < -0.3 is 0 Å². The molecule has 0 atom stereocenters. The largest absolute Gasteiger partial charge is 0.197 e. The molecule has 0 fully saturated rings. The van der Waals surface area contributed by atoms with Crippen LogP contribution in [0.1, 0.15) is 5.56 Å². The zero-order valence-electron chi connectivity index (χ0n) is 8.94. The highest BCUT2D eigenvalue weighted by Crippen LogP contribution is 2.27. The van der Waals surface area contributed by atoms with Gasteiger partial charge in [-0.05, 0) is 29.7 Å². The minimum atomic E-state index is 0.914. The predicted molar refractivity (Wildman–Crippen MR) is 64.1 cm³/mol. The fourth-order valence-electron chi connectivity index (χ4n) is 1.98. The number of rotatable bonds is 1. The van der Waals surface area contributed by atoms with Crippen molar-refractivity contribution in [2.75, 3.05) is 0 Å². The molecule has 0 unspecified atom stereocenters. The number of nitrogens with one attached hydrogen (secondary N) is 1. The summed E-state index contributed by atoms with van der Waals surface area (Å²) in [7, 11) is 0. The molecule has 3 heteroatoms. The van der Waals surface area contributed by atoms with Crippen molar-refractivity contribution < 1.29 is 0 Å². The first kappa shape index (κ1) is 9.09. The van der Waals surface area contributed by atoms with Gasteiger partial charge in [0.1, 0.15) is 11.0 Å². The molecule has 0 aliphatic carbocycles. The van der Waals surface area contributed by atoms with E-state index in [2.05, 4.69) is 40.5 Å². The van der Waals surface area contributed by atoms with E-state index in [1.165, 1.54) is 11.1 Å². The Kier molecular flexibility index (Phi) is 1.96. The summed E-state index contributed by atoms with van der Waals surface area (Å²) in [5, 5.41) is 10.9. The maximum Gasteiger partial charge on any atom is 0.116 e. The van der Waals surface area contributed by atoms with E-state index in [1.807, 2.05) is 24.3 Å². The summed E-state index contributed by atoms with van der Waals surface area (Å²) in [5.41, 5.74) is 5.45. The van der Waals surface area contributed by atoms with Gasteiger partial charge in [-0.2, -0.15) is 15.4 Å². The lowest BCUT2D eigenvalue weighted by molar-refractivity contribution is 0.958. The molecule has 2 aromatic carbocycles. The minimum Gasteiger partial charge on any atom is -0.197 e. The van der Waals surface area contributed by atoms with Crippen molar-refractivity contribution in [1.29, 1.82) is 0 Å². The Hall–Kier alpha value is -2.16. The maximum absolute atomic E-state index is 4.17. The Labute approximate surface area is 93.1 Å². The van der Waals surface area contributed by atoms with Gasteiger partial charge >= 0.3 is 0 Å². The van der Waals surface area contributed by atoms with Gasteiger partial charge in [0.2, 0.25) is 0 Å². The second kappa shape index (κ2) is 3.45. The highest BCUT2D eigenvalue weighted by molar-refractivity contribution is 5.85. The fraction of sp³-hybridized carbons (Fsp3) is 0.0769. The van der Waals surface area contributed by atoms with Crippen molar-refractivity contribution in [3.05, 3.63) is 48.0 Å². The number of aryl methyl sites for hydroxylation is 1. The highest BCUT2D eigenvalue weighted by atomic mass is 15.3. The lowest BCUT2D eigenvalue weighted by Gasteiger charge is -2.05. The van der Waals surface area contributed by atoms with Crippen LogP contribution in [0.3, 0.4) is 0 Å². The molecule has 3 rings (SSSR count). The van der Waals surface area contributed by atoms with Gasteiger partial charge in [-0.1, -0.05) is 36.4 Å². The smallest absolute Gasteiger partial charge is 0.116 e. The van der Waals surface area contributed by atoms with Crippen LogP contribution in [0.4, 0.5) is 0 Å². The van der Waals surface area contributed by atoms with Crippen LogP contribution in [-0.2, 0) is 0 Å². The van der Waals surface area contributed by atoms with Crippen molar-refractivity contribution in [2.45, 2.75) is 6.92 Å². The third-order valence-corrected chi connectivity index (χ3v) is 2.83. The van der Waals surface area contributed by atoms with Gasteiger partial charge in [0.25, 0.3) is 0 Å². The van der Waals surface area contributed by atoms with E-state index in [4.69, 9.17) is 0 Å². The molecule has 16 heavy (non-hydrogen) atoms. The van der Waals surface area contributed by atoms with Crippen LogP contribution in [0.5, 0.6) is 0 Å². The number of nitrogens with zero attached hydrogens (tertiary/aromatic N) is 2. The highest BCUT2D eigenvalue weighted by Gasteiger charge is 2.07. The topological polar surface area (TPSA) is 41.6 Å². The van der Waals surface area contributed by atoms with E-state index in [-0.39, 0.29) is 0 Å². The molecule has 0 saturated carbocycles. The van der Waals surface area contributed by atoms with E-state index in [1.54, 1.807) is 0 Å². The molecule has 0 aliphatic rings. The van der Waals surface area contributed by atoms with Gasteiger partial charge in [0.15, 0.2) is 0 Å². The number of benzene rings is 2. The molecule has 1 heterocycles. The number of aromatic nitrogens is 3. The minimum absolute atomic E-state index is 0.914. The van der Waals surface area contributed by atoms with Gasteiger partial charge in [0, 0.05) is 0 Å². The molecule has 0 radical (unpaired) electrons. The summed E-state index contributed by atoms with van der Waals surface area (Å²) in [6.45, 7) is 2.08. The third kappa shape index (κ3) is 1.29. The van der Waals surface area contributed by atoms with E-state index in [0.29, 0.717) is 0 Å². The van der Waals surface area contributed by atoms with Gasteiger partial charge in [0.05, 0.1) is 0 Å². The zero-order valence-corrected chi connectivity index (χ0v) is 8.94. The Bertz CT molecular complexity index is 626. The van der Waals surface area contributed by atoms with E-state index in [9.17, 15) is 0 Å². The van der Waals surface area contributed by atoms with Crippen LogP contribution in [0.2, 0.25) is 0 Å². The van der Waals surface area contributed by atoms with Crippen LogP contribution < -0.4 is 0 Å². The maximum atomic E-state index is 4.17. The molecule has 0 saturated heterocycles.